The number of fused-ring (bicyclic) bond motifs is 1. The molecule has 5 heteroatoms. The highest BCUT2D eigenvalue weighted by Gasteiger charge is 2.15. The molecular formula is C14H20N4O. The van der Waals surface area contributed by atoms with Gasteiger partial charge in [-0.05, 0) is 17.7 Å². The van der Waals surface area contributed by atoms with Crippen molar-refractivity contribution in [2.24, 2.45) is 5.73 Å². The molecule has 0 radical (unpaired) electrons. The second-order valence-corrected chi connectivity index (χ2v) is 5.12. The van der Waals surface area contributed by atoms with E-state index in [2.05, 4.69) is 21.3 Å². The van der Waals surface area contributed by atoms with Gasteiger partial charge >= 0.3 is 0 Å². The van der Waals surface area contributed by atoms with Gasteiger partial charge in [0.25, 0.3) is 0 Å². The molecule has 3 N–H and O–H groups in total. The van der Waals surface area contributed by atoms with Gasteiger partial charge in [0.1, 0.15) is 5.52 Å². The molecule has 1 aromatic heterocycles. The van der Waals surface area contributed by atoms with E-state index in [1.807, 2.05) is 19.1 Å². The quantitative estimate of drug-likeness (QED) is 0.863. The van der Waals surface area contributed by atoms with E-state index < -0.39 is 0 Å². The summed E-state index contributed by atoms with van der Waals surface area (Å²) in [6.07, 6.45) is 0. The van der Waals surface area contributed by atoms with Crippen LogP contribution in [-0.4, -0.2) is 42.6 Å². The van der Waals surface area contributed by atoms with Crippen LogP contribution in [0.2, 0.25) is 0 Å². The van der Waals surface area contributed by atoms with Crippen LogP contribution in [0.4, 0.5) is 0 Å². The molecule has 1 unspecified atom stereocenters. The van der Waals surface area contributed by atoms with Gasteiger partial charge in [-0.2, -0.15) is 0 Å². The normalized spacial score (nSPS) is 18.8. The maximum absolute atomic E-state index is 6.30. The first-order valence-electron chi connectivity index (χ1n) is 6.78. The SMILES string of the molecule is Cc1nc2ccc(C(N)CN3CCNCC3)cc2o1. The summed E-state index contributed by atoms with van der Waals surface area (Å²) < 4.78 is 5.56. The van der Waals surface area contributed by atoms with Crippen molar-refractivity contribution in [1.29, 1.82) is 0 Å². The lowest BCUT2D eigenvalue weighted by Gasteiger charge is -2.29. The minimum Gasteiger partial charge on any atom is -0.441 e. The van der Waals surface area contributed by atoms with E-state index in [0.29, 0.717) is 5.89 Å². The monoisotopic (exact) mass is 260 g/mol. The van der Waals surface area contributed by atoms with Gasteiger partial charge in [-0.25, -0.2) is 4.98 Å². The van der Waals surface area contributed by atoms with E-state index in [0.717, 1.165) is 49.4 Å². The number of hydrogen-bond acceptors (Lipinski definition) is 5. The molecule has 0 spiro atoms. The Hall–Kier alpha value is -1.43. The fraction of sp³-hybridized carbons (Fsp3) is 0.500. The van der Waals surface area contributed by atoms with Crippen LogP contribution in [0, 0.1) is 6.92 Å². The van der Waals surface area contributed by atoms with Crippen LogP contribution in [0.25, 0.3) is 11.1 Å². The molecule has 1 aliphatic heterocycles. The summed E-state index contributed by atoms with van der Waals surface area (Å²) in [5, 5.41) is 3.35. The van der Waals surface area contributed by atoms with Crippen molar-refractivity contribution in [2.75, 3.05) is 32.7 Å². The molecule has 1 fully saturated rings. The van der Waals surface area contributed by atoms with Gasteiger partial charge in [-0.1, -0.05) is 6.07 Å². The third-order valence-electron chi connectivity index (χ3n) is 3.61. The number of nitrogens with two attached hydrogens (primary N) is 1. The zero-order valence-corrected chi connectivity index (χ0v) is 11.2. The van der Waals surface area contributed by atoms with Gasteiger partial charge in [0.05, 0.1) is 0 Å². The lowest BCUT2D eigenvalue weighted by Crippen LogP contribution is -2.45. The summed E-state index contributed by atoms with van der Waals surface area (Å²) in [4.78, 5) is 6.70. The van der Waals surface area contributed by atoms with E-state index >= 15 is 0 Å². The summed E-state index contributed by atoms with van der Waals surface area (Å²) in [5.41, 5.74) is 9.14. The van der Waals surface area contributed by atoms with E-state index in [9.17, 15) is 0 Å². The molecule has 0 saturated carbocycles. The van der Waals surface area contributed by atoms with Gasteiger partial charge in [0, 0.05) is 45.7 Å². The second-order valence-electron chi connectivity index (χ2n) is 5.12. The van der Waals surface area contributed by atoms with Crippen molar-refractivity contribution in [2.45, 2.75) is 13.0 Å². The molecule has 1 aromatic carbocycles. The average Bonchev–Trinajstić information content (AvgIpc) is 2.78. The number of aryl methyl sites for hydroxylation is 1. The number of aromatic nitrogens is 1. The number of oxazole rings is 1. The Bertz CT molecular complexity index is 560. The molecule has 1 saturated heterocycles. The van der Waals surface area contributed by atoms with Crippen LogP contribution in [0.3, 0.4) is 0 Å². The number of benzene rings is 1. The topological polar surface area (TPSA) is 67.3 Å². The van der Waals surface area contributed by atoms with Crippen LogP contribution in [0.1, 0.15) is 17.5 Å². The first kappa shape index (κ1) is 12.6. The summed E-state index contributed by atoms with van der Waals surface area (Å²) in [6.45, 7) is 6.98. The van der Waals surface area contributed by atoms with Crippen molar-refractivity contribution in [1.82, 2.24) is 15.2 Å². The van der Waals surface area contributed by atoms with Crippen LogP contribution >= 0.6 is 0 Å². The highest BCUT2D eigenvalue weighted by Crippen LogP contribution is 2.20. The summed E-state index contributed by atoms with van der Waals surface area (Å²) >= 11 is 0. The van der Waals surface area contributed by atoms with Gasteiger partial charge in [0.2, 0.25) is 0 Å². The average molecular weight is 260 g/mol. The molecule has 1 atom stereocenters. The van der Waals surface area contributed by atoms with Crippen LogP contribution < -0.4 is 11.1 Å². The maximum Gasteiger partial charge on any atom is 0.192 e. The first-order chi connectivity index (χ1) is 9.22. The number of nitrogens with one attached hydrogen (secondary N) is 1. The van der Waals surface area contributed by atoms with E-state index in [4.69, 9.17) is 10.2 Å². The Morgan fingerprint density at radius 1 is 1.42 bits per heavy atom. The van der Waals surface area contributed by atoms with Gasteiger partial charge in [-0.3, -0.25) is 4.90 Å². The first-order valence-corrected chi connectivity index (χ1v) is 6.78. The number of hydrogen-bond donors (Lipinski definition) is 2. The van der Waals surface area contributed by atoms with Crippen LogP contribution in [0.15, 0.2) is 22.6 Å². The Morgan fingerprint density at radius 3 is 3.00 bits per heavy atom. The summed E-state index contributed by atoms with van der Waals surface area (Å²) in [6, 6.07) is 6.07. The van der Waals surface area contributed by atoms with Crippen LogP contribution in [-0.2, 0) is 0 Å². The number of rotatable bonds is 3. The Balaban J connectivity index is 1.74. The highest BCUT2D eigenvalue weighted by atomic mass is 16.3. The minimum atomic E-state index is 0.0212. The third kappa shape index (κ3) is 2.78. The molecule has 19 heavy (non-hydrogen) atoms. The highest BCUT2D eigenvalue weighted by molar-refractivity contribution is 5.73. The zero-order valence-electron chi connectivity index (χ0n) is 11.2. The fourth-order valence-corrected chi connectivity index (χ4v) is 2.56. The lowest BCUT2D eigenvalue weighted by molar-refractivity contribution is 0.228. The van der Waals surface area contributed by atoms with Crippen molar-refractivity contribution >= 4 is 11.1 Å². The Labute approximate surface area is 112 Å². The van der Waals surface area contributed by atoms with Gasteiger partial charge < -0.3 is 15.5 Å². The standard InChI is InChI=1S/C14H20N4O/c1-10-17-13-3-2-11(8-14(13)19-10)12(15)9-18-6-4-16-5-7-18/h2-3,8,12,16H,4-7,9,15H2,1H3. The zero-order chi connectivity index (χ0) is 13.2. The summed E-state index contributed by atoms with van der Waals surface area (Å²) in [5.74, 6) is 0.697. The predicted molar refractivity (Wildman–Crippen MR) is 75.0 cm³/mol. The number of piperazine rings is 1. The van der Waals surface area contributed by atoms with E-state index in [1.165, 1.54) is 0 Å². The Kier molecular flexibility index (Phi) is 3.50. The number of nitrogens with zero attached hydrogens (tertiary/aromatic N) is 2. The molecule has 1 aliphatic rings. The molecular weight excluding hydrogens is 240 g/mol. The summed E-state index contributed by atoms with van der Waals surface area (Å²) in [7, 11) is 0. The van der Waals surface area contributed by atoms with Gasteiger partial charge in [0.15, 0.2) is 11.5 Å². The molecule has 0 aliphatic carbocycles. The van der Waals surface area contributed by atoms with Crippen molar-refractivity contribution in [3.63, 3.8) is 0 Å². The molecule has 2 aromatic rings. The van der Waals surface area contributed by atoms with E-state index in [-0.39, 0.29) is 6.04 Å². The van der Waals surface area contributed by atoms with Gasteiger partial charge in [-0.15, -0.1) is 0 Å². The van der Waals surface area contributed by atoms with Crippen molar-refractivity contribution < 1.29 is 4.42 Å². The fourth-order valence-electron chi connectivity index (χ4n) is 2.56. The van der Waals surface area contributed by atoms with E-state index in [1.54, 1.807) is 0 Å². The van der Waals surface area contributed by atoms with Crippen molar-refractivity contribution in [3.8, 4) is 0 Å². The molecule has 3 rings (SSSR count). The third-order valence-corrected chi connectivity index (χ3v) is 3.61. The molecule has 102 valence electrons. The Morgan fingerprint density at radius 2 is 2.21 bits per heavy atom. The predicted octanol–water partition coefficient (Wildman–Crippen LogP) is 1.04. The smallest absolute Gasteiger partial charge is 0.192 e. The lowest BCUT2D eigenvalue weighted by atomic mass is 10.1. The molecule has 5 nitrogen and oxygen atoms in total. The van der Waals surface area contributed by atoms with Crippen molar-refractivity contribution in [3.05, 3.63) is 29.7 Å². The molecule has 0 amide bonds. The minimum absolute atomic E-state index is 0.0212. The van der Waals surface area contributed by atoms with Crippen LogP contribution in [0.5, 0.6) is 0 Å². The second kappa shape index (κ2) is 5.28. The molecule has 0 bridgehead atoms. The maximum atomic E-state index is 6.30. The molecule has 2 heterocycles. The largest absolute Gasteiger partial charge is 0.441 e.